The van der Waals surface area contributed by atoms with E-state index in [2.05, 4.69) is 28.6 Å². The summed E-state index contributed by atoms with van der Waals surface area (Å²) in [5.74, 6) is 2.68. The minimum Gasteiger partial charge on any atom is -0.381 e. The van der Waals surface area contributed by atoms with E-state index in [9.17, 15) is 0 Å². The number of halogens is 1. The highest BCUT2D eigenvalue weighted by atomic mass is 35.5. The number of ether oxygens (including phenoxy) is 1. The van der Waals surface area contributed by atoms with Crippen LogP contribution in [0.5, 0.6) is 0 Å². The maximum atomic E-state index is 5.87. The smallest absolute Gasteiger partial charge is 0.148 e. The largest absolute Gasteiger partial charge is 0.381 e. The van der Waals surface area contributed by atoms with Gasteiger partial charge in [-0.2, -0.15) is 0 Å². The van der Waals surface area contributed by atoms with Crippen LogP contribution in [0.4, 0.5) is 0 Å². The third kappa shape index (κ3) is 2.23. The van der Waals surface area contributed by atoms with Crippen molar-refractivity contribution in [3.05, 3.63) is 11.6 Å². The molecular formula is C11H18ClN3O. The van der Waals surface area contributed by atoms with Gasteiger partial charge in [0.25, 0.3) is 0 Å². The third-order valence-corrected chi connectivity index (χ3v) is 3.19. The van der Waals surface area contributed by atoms with E-state index >= 15 is 0 Å². The quantitative estimate of drug-likeness (QED) is 0.766. The molecule has 4 nitrogen and oxygen atoms in total. The van der Waals surface area contributed by atoms with Crippen LogP contribution in [-0.4, -0.2) is 28.0 Å². The standard InChI is InChI=1S/C11H18ClN3O/c1-8(2)15-10(6-12)13-14-11(15)9-4-3-5-16-7-9/h8-9H,3-7H2,1-2H3. The molecule has 0 N–H and O–H groups in total. The molecule has 1 unspecified atom stereocenters. The van der Waals surface area contributed by atoms with Crippen molar-refractivity contribution < 1.29 is 4.74 Å². The van der Waals surface area contributed by atoms with Gasteiger partial charge in [0.2, 0.25) is 0 Å². The lowest BCUT2D eigenvalue weighted by Gasteiger charge is -2.23. The van der Waals surface area contributed by atoms with Gasteiger partial charge in [-0.1, -0.05) is 0 Å². The van der Waals surface area contributed by atoms with Gasteiger partial charge >= 0.3 is 0 Å². The van der Waals surface area contributed by atoms with Crippen LogP contribution >= 0.6 is 11.6 Å². The first-order chi connectivity index (χ1) is 7.74. The second-order valence-corrected chi connectivity index (χ2v) is 4.75. The van der Waals surface area contributed by atoms with E-state index in [-0.39, 0.29) is 0 Å². The first-order valence-corrected chi connectivity index (χ1v) is 6.35. The van der Waals surface area contributed by atoms with E-state index < -0.39 is 0 Å². The summed E-state index contributed by atoms with van der Waals surface area (Å²) in [4.78, 5) is 0. The Labute approximate surface area is 101 Å². The van der Waals surface area contributed by atoms with Crippen LogP contribution in [0, 0.1) is 0 Å². The summed E-state index contributed by atoms with van der Waals surface area (Å²) in [5, 5.41) is 8.44. The second-order valence-electron chi connectivity index (χ2n) is 4.49. The maximum Gasteiger partial charge on any atom is 0.148 e. The highest BCUT2D eigenvalue weighted by Gasteiger charge is 2.24. The predicted molar refractivity (Wildman–Crippen MR) is 62.8 cm³/mol. The molecule has 1 aromatic rings. The van der Waals surface area contributed by atoms with Crippen LogP contribution in [0.15, 0.2) is 0 Å². The van der Waals surface area contributed by atoms with Gasteiger partial charge in [0.15, 0.2) is 0 Å². The highest BCUT2D eigenvalue weighted by molar-refractivity contribution is 6.16. The molecule has 2 rings (SSSR count). The zero-order valence-corrected chi connectivity index (χ0v) is 10.6. The van der Waals surface area contributed by atoms with Gasteiger partial charge in [-0.3, -0.25) is 0 Å². The zero-order chi connectivity index (χ0) is 11.5. The van der Waals surface area contributed by atoms with Crippen molar-refractivity contribution in [3.8, 4) is 0 Å². The second kappa shape index (κ2) is 5.15. The topological polar surface area (TPSA) is 39.9 Å². The lowest BCUT2D eigenvalue weighted by molar-refractivity contribution is 0.0765. The van der Waals surface area contributed by atoms with E-state index in [0.717, 1.165) is 37.7 Å². The van der Waals surface area contributed by atoms with Crippen molar-refractivity contribution in [1.82, 2.24) is 14.8 Å². The Bertz CT molecular complexity index is 345. The lowest BCUT2D eigenvalue weighted by atomic mass is 10.0. The average molecular weight is 244 g/mol. The SMILES string of the molecule is CC(C)n1c(CCl)nnc1C1CCCOC1. The fourth-order valence-electron chi connectivity index (χ4n) is 2.21. The molecule has 0 saturated carbocycles. The van der Waals surface area contributed by atoms with Crippen molar-refractivity contribution in [3.63, 3.8) is 0 Å². The van der Waals surface area contributed by atoms with E-state index in [1.165, 1.54) is 0 Å². The van der Waals surface area contributed by atoms with E-state index in [1.807, 2.05) is 0 Å². The molecule has 0 bridgehead atoms. The minimum absolute atomic E-state index is 0.348. The Morgan fingerprint density at radius 3 is 2.88 bits per heavy atom. The summed E-state index contributed by atoms with van der Waals surface area (Å²) in [6.07, 6.45) is 2.24. The fraction of sp³-hybridized carbons (Fsp3) is 0.818. The summed E-state index contributed by atoms with van der Waals surface area (Å²) >= 11 is 5.87. The normalized spacial score (nSPS) is 21.6. The van der Waals surface area contributed by atoms with Gasteiger partial charge in [-0.25, -0.2) is 0 Å². The third-order valence-electron chi connectivity index (χ3n) is 2.95. The van der Waals surface area contributed by atoms with Crippen LogP contribution < -0.4 is 0 Å². The molecule has 1 fully saturated rings. The monoisotopic (exact) mass is 243 g/mol. The number of rotatable bonds is 3. The molecule has 2 heterocycles. The molecule has 0 spiro atoms. The summed E-state index contributed by atoms with van der Waals surface area (Å²) in [5.41, 5.74) is 0. The summed E-state index contributed by atoms with van der Waals surface area (Å²) < 4.78 is 7.65. The van der Waals surface area contributed by atoms with E-state index in [0.29, 0.717) is 17.8 Å². The molecule has 90 valence electrons. The van der Waals surface area contributed by atoms with Crippen LogP contribution in [-0.2, 0) is 10.6 Å². The molecule has 1 aliphatic heterocycles. The molecule has 0 aliphatic carbocycles. The molecule has 5 heteroatoms. The van der Waals surface area contributed by atoms with Gasteiger partial charge in [0.05, 0.1) is 12.5 Å². The molecule has 1 aromatic heterocycles. The molecule has 1 saturated heterocycles. The number of nitrogens with zero attached hydrogens (tertiary/aromatic N) is 3. The van der Waals surface area contributed by atoms with Crippen LogP contribution in [0.2, 0.25) is 0 Å². The Kier molecular flexibility index (Phi) is 3.82. The fourth-order valence-corrected chi connectivity index (χ4v) is 2.40. The molecule has 1 aliphatic rings. The summed E-state index contributed by atoms with van der Waals surface area (Å²) in [7, 11) is 0. The van der Waals surface area contributed by atoms with Crippen molar-refractivity contribution in [2.24, 2.45) is 0 Å². The molecule has 1 atom stereocenters. The van der Waals surface area contributed by atoms with Gasteiger partial charge < -0.3 is 9.30 Å². The van der Waals surface area contributed by atoms with Gasteiger partial charge in [-0.15, -0.1) is 21.8 Å². The van der Waals surface area contributed by atoms with Gasteiger partial charge in [0, 0.05) is 18.6 Å². The lowest BCUT2D eigenvalue weighted by Crippen LogP contribution is -2.21. The predicted octanol–water partition coefficient (Wildman–Crippen LogP) is 2.49. The number of hydrogen-bond acceptors (Lipinski definition) is 3. The van der Waals surface area contributed by atoms with Gasteiger partial charge in [0.1, 0.15) is 11.6 Å². The van der Waals surface area contributed by atoms with Crippen LogP contribution in [0.3, 0.4) is 0 Å². The first-order valence-electron chi connectivity index (χ1n) is 5.81. The maximum absolute atomic E-state index is 5.87. The van der Waals surface area contributed by atoms with E-state index in [4.69, 9.17) is 16.3 Å². The number of hydrogen-bond donors (Lipinski definition) is 0. The van der Waals surface area contributed by atoms with Crippen molar-refractivity contribution in [2.45, 2.75) is 44.5 Å². The zero-order valence-electron chi connectivity index (χ0n) is 9.82. The number of alkyl halides is 1. The van der Waals surface area contributed by atoms with Crippen molar-refractivity contribution in [1.29, 1.82) is 0 Å². The van der Waals surface area contributed by atoms with Gasteiger partial charge in [-0.05, 0) is 26.7 Å². The van der Waals surface area contributed by atoms with Crippen LogP contribution in [0.25, 0.3) is 0 Å². The Morgan fingerprint density at radius 2 is 2.31 bits per heavy atom. The molecule has 0 radical (unpaired) electrons. The first kappa shape index (κ1) is 11.9. The Balaban J connectivity index is 2.28. The molecule has 0 amide bonds. The summed E-state index contributed by atoms with van der Waals surface area (Å²) in [6, 6.07) is 0.348. The number of aromatic nitrogens is 3. The molecule has 0 aromatic carbocycles. The Morgan fingerprint density at radius 1 is 1.50 bits per heavy atom. The average Bonchev–Trinajstić information content (AvgIpc) is 2.73. The summed E-state index contributed by atoms with van der Waals surface area (Å²) in [6.45, 7) is 5.89. The van der Waals surface area contributed by atoms with Crippen molar-refractivity contribution in [2.75, 3.05) is 13.2 Å². The Hall–Kier alpha value is -0.610. The van der Waals surface area contributed by atoms with E-state index in [1.54, 1.807) is 0 Å². The van der Waals surface area contributed by atoms with Crippen LogP contribution in [0.1, 0.15) is 50.3 Å². The molecular weight excluding hydrogens is 226 g/mol. The molecule has 16 heavy (non-hydrogen) atoms. The minimum atomic E-state index is 0.348. The highest BCUT2D eigenvalue weighted by Crippen LogP contribution is 2.27. The van der Waals surface area contributed by atoms with Crippen molar-refractivity contribution >= 4 is 11.6 Å².